The summed E-state index contributed by atoms with van der Waals surface area (Å²) in [7, 11) is 0. The van der Waals surface area contributed by atoms with Crippen LogP contribution >= 0.6 is 0 Å². The van der Waals surface area contributed by atoms with Gasteiger partial charge in [-0.05, 0) is 6.07 Å². The fourth-order valence-electron chi connectivity index (χ4n) is 1.58. The van der Waals surface area contributed by atoms with Crippen LogP contribution in [0.1, 0.15) is 65.2 Å². The number of aromatic amines is 1. The van der Waals surface area contributed by atoms with Crippen molar-refractivity contribution >= 4 is 0 Å². The van der Waals surface area contributed by atoms with Crippen LogP contribution in [-0.4, -0.2) is 4.98 Å². The monoisotopic (exact) mass is 453 g/mol. The Morgan fingerprint density at radius 3 is 1.60 bits per heavy atom. The summed E-state index contributed by atoms with van der Waals surface area (Å²) in [6.07, 6.45) is 13.1. The molecule has 0 aliphatic rings. The maximum absolute atomic E-state index is 10.2. The first-order valence-corrected chi connectivity index (χ1v) is 9.67. The van der Waals surface area contributed by atoms with Crippen molar-refractivity contribution in [2.24, 2.45) is 0 Å². The molecule has 0 aromatic carbocycles. The third kappa shape index (κ3) is 22.4. The van der Waals surface area contributed by atoms with E-state index in [2.05, 4.69) is 18.8 Å². The molecule has 0 unspecified atom stereocenters. The Morgan fingerprint density at radius 2 is 1.35 bits per heavy atom. The van der Waals surface area contributed by atoms with Gasteiger partial charge in [-0.3, -0.25) is 4.79 Å². The van der Waals surface area contributed by atoms with Crippen LogP contribution in [0.25, 0.3) is 0 Å². The first-order valence-electron chi connectivity index (χ1n) is 7.28. The number of H-pyrrole nitrogens is 1. The van der Waals surface area contributed by atoms with Crippen molar-refractivity contribution in [1.29, 1.82) is 0 Å². The number of rotatable bonds is 7. The average Bonchev–Trinajstić information content (AvgIpc) is 2.45. The molecule has 0 radical (unpaired) electrons. The van der Waals surface area contributed by atoms with Crippen LogP contribution < -0.4 is 5.56 Å². The van der Waals surface area contributed by atoms with Crippen LogP contribution in [0.3, 0.4) is 0 Å². The van der Waals surface area contributed by atoms with Gasteiger partial charge in [-0.25, -0.2) is 0 Å². The van der Waals surface area contributed by atoms with Crippen LogP contribution in [0.15, 0.2) is 29.2 Å². The topological polar surface area (TPSA) is 67.0 Å². The van der Waals surface area contributed by atoms with Gasteiger partial charge >= 0.3 is 25.3 Å². The van der Waals surface area contributed by atoms with Gasteiger partial charge in [-0.1, -0.05) is 71.3 Å². The molecule has 20 heavy (non-hydrogen) atoms. The Kier molecular flexibility index (Phi) is 22.1. The Hall–Kier alpha value is -0.762. The van der Waals surface area contributed by atoms with Gasteiger partial charge in [0.15, 0.2) is 0 Å². The van der Waals surface area contributed by atoms with Crippen molar-refractivity contribution in [1.82, 2.24) is 4.98 Å². The van der Waals surface area contributed by atoms with E-state index >= 15 is 0 Å². The van der Waals surface area contributed by atoms with E-state index in [0.29, 0.717) is 0 Å². The molecule has 0 saturated carbocycles. The molecule has 1 N–H and O–H groups in total. The molecule has 0 bridgehead atoms. The zero-order chi connectivity index (χ0) is 15.5. The van der Waals surface area contributed by atoms with E-state index in [1.165, 1.54) is 57.4 Å². The summed E-state index contributed by atoms with van der Waals surface area (Å²) in [6.45, 7) is 4.54. The Bertz CT molecular complexity index is 348. The molecule has 1 heterocycles. The quantitative estimate of drug-likeness (QED) is 0.627. The van der Waals surface area contributed by atoms with Gasteiger partial charge in [0.1, 0.15) is 0 Å². The normalized spacial score (nSPS) is 8.70. The van der Waals surface area contributed by atoms with E-state index in [9.17, 15) is 4.79 Å². The first kappa shape index (κ1) is 21.5. The maximum atomic E-state index is 10.2. The van der Waals surface area contributed by atoms with Crippen molar-refractivity contribution in [3.8, 4) is 0 Å². The minimum atomic E-state index is -2.25. The number of unbranched alkanes of at least 4 members (excludes halogenated alkanes) is 7. The molecule has 0 spiro atoms. The SMILES string of the molecule is CCCCCCCCCC.O=c1cccc[nH]1.[O]=[W]=[O]. The Balaban J connectivity index is 0. The summed E-state index contributed by atoms with van der Waals surface area (Å²) in [6, 6.07) is 4.93. The van der Waals surface area contributed by atoms with Crippen LogP contribution in [0.2, 0.25) is 0 Å². The van der Waals surface area contributed by atoms with Gasteiger partial charge in [-0.15, -0.1) is 0 Å². The fourth-order valence-corrected chi connectivity index (χ4v) is 1.58. The third-order valence-electron chi connectivity index (χ3n) is 2.64. The zero-order valence-corrected chi connectivity index (χ0v) is 15.5. The van der Waals surface area contributed by atoms with E-state index in [-0.39, 0.29) is 5.56 Å². The van der Waals surface area contributed by atoms with Gasteiger partial charge in [0.25, 0.3) is 0 Å². The summed E-state index contributed by atoms with van der Waals surface area (Å²) in [5.74, 6) is 0. The van der Waals surface area contributed by atoms with Crippen LogP contribution in [0.5, 0.6) is 0 Å². The van der Waals surface area contributed by atoms with E-state index in [1.54, 1.807) is 18.3 Å². The molecular weight excluding hydrogens is 426 g/mol. The molecule has 0 atom stereocenters. The molecule has 5 heteroatoms. The predicted molar refractivity (Wildman–Crippen MR) is 76.7 cm³/mol. The Labute approximate surface area is 130 Å². The van der Waals surface area contributed by atoms with Crippen molar-refractivity contribution in [2.45, 2.75) is 65.2 Å². The molecule has 1 aromatic heterocycles. The van der Waals surface area contributed by atoms with E-state index in [1.807, 2.05) is 0 Å². The van der Waals surface area contributed by atoms with Crippen LogP contribution in [0, 0.1) is 0 Å². The second kappa shape index (κ2) is 20.6. The molecule has 0 saturated heterocycles. The molecule has 116 valence electrons. The molecule has 0 aliphatic heterocycles. The van der Waals surface area contributed by atoms with E-state index in [4.69, 9.17) is 6.80 Å². The first-order chi connectivity index (χ1) is 9.72. The van der Waals surface area contributed by atoms with Crippen molar-refractivity contribution in [3.63, 3.8) is 0 Å². The zero-order valence-electron chi connectivity index (χ0n) is 12.6. The van der Waals surface area contributed by atoms with Gasteiger partial charge in [0.2, 0.25) is 5.56 Å². The number of hydrogen-bond donors (Lipinski definition) is 1. The number of hydrogen-bond acceptors (Lipinski definition) is 3. The number of nitrogens with one attached hydrogen (secondary N) is 1. The molecule has 0 amide bonds. The molecule has 0 aliphatic carbocycles. The number of aromatic nitrogens is 1. The number of pyridine rings is 1. The van der Waals surface area contributed by atoms with E-state index in [0.717, 1.165) is 0 Å². The summed E-state index contributed by atoms with van der Waals surface area (Å²) in [5.41, 5.74) is -0.0532. The average molecular weight is 453 g/mol. The van der Waals surface area contributed by atoms with Crippen molar-refractivity contribution in [2.75, 3.05) is 0 Å². The third-order valence-corrected chi connectivity index (χ3v) is 2.64. The van der Waals surface area contributed by atoms with Crippen molar-refractivity contribution < 1.29 is 25.3 Å². The summed E-state index contributed by atoms with van der Waals surface area (Å²) >= 11 is -2.25. The summed E-state index contributed by atoms with van der Waals surface area (Å²) in [4.78, 5) is 12.7. The molecular formula is C15H27NO3W. The second-order valence-corrected chi connectivity index (χ2v) is 4.91. The van der Waals surface area contributed by atoms with E-state index < -0.39 is 18.5 Å². The second-order valence-electron chi connectivity index (χ2n) is 4.42. The molecule has 1 rings (SSSR count). The molecule has 4 nitrogen and oxygen atoms in total. The van der Waals surface area contributed by atoms with Crippen LogP contribution in [0.4, 0.5) is 0 Å². The predicted octanol–water partition coefficient (Wildman–Crippen LogP) is 4.28. The molecule has 1 aromatic rings. The van der Waals surface area contributed by atoms with Crippen molar-refractivity contribution in [3.05, 3.63) is 34.7 Å². The van der Waals surface area contributed by atoms with Gasteiger partial charge in [0, 0.05) is 12.3 Å². The summed E-state index contributed by atoms with van der Waals surface area (Å²) in [5, 5.41) is 0. The minimum absolute atomic E-state index is 0.0532. The van der Waals surface area contributed by atoms with Gasteiger partial charge < -0.3 is 4.98 Å². The Morgan fingerprint density at radius 1 is 0.900 bits per heavy atom. The van der Waals surface area contributed by atoms with Crippen LogP contribution in [-0.2, 0) is 25.3 Å². The van der Waals surface area contributed by atoms with Gasteiger partial charge in [0.05, 0.1) is 0 Å². The standard InChI is InChI=1S/C10H22.C5H5NO.2O.W/c1-3-5-7-9-10-8-6-4-2;7-5-3-1-2-4-6-5;;;/h3-10H2,1-2H3;1-4H,(H,6,7);;;. The summed E-state index contributed by atoms with van der Waals surface area (Å²) < 4.78 is 17.1. The fraction of sp³-hybridized carbons (Fsp3) is 0.667. The van der Waals surface area contributed by atoms with Gasteiger partial charge in [-0.2, -0.15) is 0 Å². The molecule has 0 fully saturated rings.